The van der Waals surface area contributed by atoms with Crippen molar-refractivity contribution in [2.24, 2.45) is 0 Å². The van der Waals surface area contributed by atoms with Crippen LogP contribution in [0.2, 0.25) is 0 Å². The number of nitriles is 2. The van der Waals surface area contributed by atoms with Crippen molar-refractivity contribution in [2.45, 2.75) is 9.79 Å². The summed E-state index contributed by atoms with van der Waals surface area (Å²) in [5.41, 5.74) is -0.197. The fourth-order valence-corrected chi connectivity index (χ4v) is 5.74. The molecule has 0 radical (unpaired) electrons. The summed E-state index contributed by atoms with van der Waals surface area (Å²) < 4.78 is 31.6. The van der Waals surface area contributed by atoms with E-state index in [0.717, 1.165) is 6.07 Å². The fourth-order valence-electron chi connectivity index (χ4n) is 3.97. The lowest BCUT2D eigenvalue weighted by Gasteiger charge is -2.26. The number of carbonyl (C=O) groups excluding carboxylic acids is 2. The Labute approximate surface area is 168 Å². The first kappa shape index (κ1) is 17.6. The first-order valence-electron chi connectivity index (χ1n) is 8.35. The van der Waals surface area contributed by atoms with Gasteiger partial charge in [-0.1, -0.05) is 0 Å². The van der Waals surface area contributed by atoms with Gasteiger partial charge in [0.2, 0.25) is 5.69 Å². The van der Waals surface area contributed by atoms with Gasteiger partial charge in [-0.3, -0.25) is 0 Å². The molecule has 0 fully saturated rings. The number of carbonyl (C=O) groups is 2. The molecule has 0 amide bonds. The van der Waals surface area contributed by atoms with E-state index in [1.165, 1.54) is 24.3 Å². The average molecular weight is 411 g/mol. The molecule has 3 aromatic carbocycles. The molecule has 0 saturated heterocycles. The Morgan fingerprint density at radius 1 is 0.933 bits per heavy atom. The highest BCUT2D eigenvalue weighted by Crippen LogP contribution is 2.51. The Kier molecular flexibility index (Phi) is 3.23. The summed E-state index contributed by atoms with van der Waals surface area (Å²) in [5, 5.41) is 19.0. The number of benzene rings is 3. The van der Waals surface area contributed by atoms with Gasteiger partial charge in [0.05, 0.1) is 50.8 Å². The predicted octanol–water partition coefficient (Wildman–Crippen LogP) is 3.26. The topological polar surface area (TPSA) is 129 Å². The summed E-state index contributed by atoms with van der Waals surface area (Å²) in [6.07, 6.45) is 0. The summed E-state index contributed by atoms with van der Waals surface area (Å²) in [5.74, 6) is -2.01. The Balaban J connectivity index is 2.19. The first-order chi connectivity index (χ1) is 14.3. The average Bonchev–Trinajstić information content (AvgIpc) is 2.74. The predicted molar refractivity (Wildman–Crippen MR) is 100 cm³/mol. The van der Waals surface area contributed by atoms with E-state index >= 15 is 0 Å². The molecule has 2 aliphatic heterocycles. The van der Waals surface area contributed by atoms with Gasteiger partial charge in [-0.15, -0.1) is 0 Å². The van der Waals surface area contributed by atoms with Gasteiger partial charge in [0, 0.05) is 21.9 Å². The summed E-state index contributed by atoms with van der Waals surface area (Å²) in [6, 6.07) is 10.1. The minimum Gasteiger partial charge on any atom is -0.386 e. The number of nitrogens with zero attached hydrogens (tertiary/aromatic N) is 3. The van der Waals surface area contributed by atoms with Crippen LogP contribution in [0.1, 0.15) is 31.8 Å². The van der Waals surface area contributed by atoms with Crippen molar-refractivity contribution in [3.63, 3.8) is 0 Å². The molecule has 2 aliphatic rings. The van der Waals surface area contributed by atoms with Crippen LogP contribution in [-0.4, -0.2) is 20.4 Å². The molecule has 0 atom stereocenters. The summed E-state index contributed by atoms with van der Waals surface area (Å²) >= 11 is 0. The zero-order valence-electron chi connectivity index (χ0n) is 14.7. The lowest BCUT2D eigenvalue weighted by Crippen LogP contribution is -2.22. The van der Waals surface area contributed by atoms with Gasteiger partial charge in [0.1, 0.15) is 0 Å². The van der Waals surface area contributed by atoms with Crippen molar-refractivity contribution in [2.75, 3.05) is 0 Å². The van der Waals surface area contributed by atoms with Crippen LogP contribution < -0.4 is 0 Å². The van der Waals surface area contributed by atoms with E-state index < -0.39 is 21.8 Å². The van der Waals surface area contributed by atoms with Gasteiger partial charge in [-0.05, 0) is 30.3 Å². The number of hydrogen-bond acceptors (Lipinski definition) is 7. The third-order valence-corrected chi connectivity index (χ3v) is 7.03. The maximum Gasteiger partial charge on any atom is 0.346 e. The molecule has 2 heterocycles. The zero-order valence-corrected chi connectivity index (χ0v) is 15.5. The van der Waals surface area contributed by atoms with Crippen LogP contribution in [0.4, 0.5) is 5.69 Å². The maximum atomic E-state index is 13.4. The zero-order chi connectivity index (χ0) is 21.4. The molecule has 0 spiro atoms. The third-order valence-electron chi connectivity index (χ3n) is 5.14. The van der Waals surface area contributed by atoms with Gasteiger partial charge in [0.15, 0.2) is 9.84 Å². The smallest absolute Gasteiger partial charge is 0.346 e. The van der Waals surface area contributed by atoms with Crippen molar-refractivity contribution in [3.05, 3.63) is 64.0 Å². The molecule has 3 aromatic rings. The van der Waals surface area contributed by atoms with Crippen molar-refractivity contribution < 1.29 is 22.7 Å². The molecule has 0 N–H and O–H groups in total. The highest BCUT2D eigenvalue weighted by Gasteiger charge is 2.40. The molecule has 0 unspecified atom stereocenters. The number of sulfone groups is 1. The van der Waals surface area contributed by atoms with Gasteiger partial charge >= 0.3 is 11.9 Å². The molecule has 0 aliphatic carbocycles. The van der Waals surface area contributed by atoms with E-state index in [-0.39, 0.29) is 59.6 Å². The molecule has 0 bridgehead atoms. The minimum absolute atomic E-state index is 0.0178. The number of rotatable bonds is 0. The van der Waals surface area contributed by atoms with E-state index in [0.29, 0.717) is 0 Å². The maximum absolute atomic E-state index is 13.4. The molecule has 8 nitrogen and oxygen atoms in total. The van der Waals surface area contributed by atoms with Gasteiger partial charge in [0.25, 0.3) is 0 Å². The number of ether oxygens (including phenoxy) is 1. The highest BCUT2D eigenvalue weighted by molar-refractivity contribution is 7.92. The van der Waals surface area contributed by atoms with E-state index in [2.05, 4.69) is 4.85 Å². The highest BCUT2D eigenvalue weighted by atomic mass is 32.2. The third kappa shape index (κ3) is 1.93. The first-order valence-corrected chi connectivity index (χ1v) is 9.83. The van der Waals surface area contributed by atoms with Crippen LogP contribution >= 0.6 is 0 Å². The van der Waals surface area contributed by atoms with Crippen LogP contribution in [0.15, 0.2) is 40.1 Å². The molecule has 140 valence electrons. The Bertz CT molecular complexity index is 1630. The molecular formula is C21H5N3O5S. The second-order valence-electron chi connectivity index (χ2n) is 6.60. The van der Waals surface area contributed by atoms with Crippen LogP contribution in [0.25, 0.3) is 26.7 Å². The Morgan fingerprint density at radius 2 is 1.63 bits per heavy atom. The standard InChI is InChI=1S/C21H5N3O5S/c1-24-14-6-13-17-12(20(25)29-21(13)26)5-10(8-23)16-11-4-9(7-22)2-3-15(11)30(27,28)19(14)18(16)17/h2-6H. The van der Waals surface area contributed by atoms with Crippen LogP contribution in [-0.2, 0) is 14.6 Å². The van der Waals surface area contributed by atoms with Crippen LogP contribution in [0.3, 0.4) is 0 Å². The number of fused-ring (bicyclic) bond motifs is 2. The Hall–Kier alpha value is -4.52. The molecular weight excluding hydrogens is 406 g/mol. The lowest BCUT2D eigenvalue weighted by molar-refractivity contribution is 0.0391. The Morgan fingerprint density at radius 3 is 2.27 bits per heavy atom. The summed E-state index contributed by atoms with van der Waals surface area (Å²) in [6.45, 7) is 7.46. The second-order valence-corrected chi connectivity index (χ2v) is 8.45. The van der Waals surface area contributed by atoms with Crippen molar-refractivity contribution >= 4 is 38.2 Å². The molecule has 0 aromatic heterocycles. The van der Waals surface area contributed by atoms with Gasteiger partial charge < -0.3 is 4.74 Å². The monoisotopic (exact) mass is 411 g/mol. The van der Waals surface area contributed by atoms with E-state index in [1.54, 1.807) is 0 Å². The quantitative estimate of drug-likeness (QED) is 0.247. The minimum atomic E-state index is -4.25. The molecule has 5 rings (SSSR count). The molecule has 9 heteroatoms. The number of cyclic esters (lactones) is 2. The van der Waals surface area contributed by atoms with E-state index in [4.69, 9.17) is 11.3 Å². The fraction of sp³-hybridized carbons (Fsp3) is 0. The van der Waals surface area contributed by atoms with Gasteiger partial charge in [-0.25, -0.2) is 22.9 Å². The number of hydrogen-bond donors (Lipinski definition) is 0. The van der Waals surface area contributed by atoms with E-state index in [1.807, 2.05) is 12.1 Å². The molecule has 30 heavy (non-hydrogen) atoms. The van der Waals surface area contributed by atoms with E-state index in [9.17, 15) is 28.5 Å². The second kappa shape index (κ2) is 5.51. The number of esters is 2. The van der Waals surface area contributed by atoms with Crippen molar-refractivity contribution in [1.29, 1.82) is 10.5 Å². The normalized spacial score (nSPS) is 14.8. The SMILES string of the molecule is [C-]#[N+]c1cc2c3c(cc(C#N)c4c3c1S(=O)(=O)c1ccc(C#N)cc1-4)C(=O)OC2=O. The van der Waals surface area contributed by atoms with Crippen LogP contribution in [0, 0.1) is 29.2 Å². The van der Waals surface area contributed by atoms with Gasteiger partial charge in [-0.2, -0.15) is 10.5 Å². The summed E-state index contributed by atoms with van der Waals surface area (Å²) in [4.78, 5) is 27.4. The molecule has 0 saturated carbocycles. The van der Waals surface area contributed by atoms with Crippen molar-refractivity contribution in [1.82, 2.24) is 0 Å². The summed E-state index contributed by atoms with van der Waals surface area (Å²) in [7, 11) is -4.25. The largest absolute Gasteiger partial charge is 0.386 e. The lowest BCUT2D eigenvalue weighted by atomic mass is 9.86. The van der Waals surface area contributed by atoms with Crippen molar-refractivity contribution in [3.8, 4) is 23.3 Å². The van der Waals surface area contributed by atoms with Crippen LogP contribution in [0.5, 0.6) is 0 Å².